The standard InChI is InChI=1S/C15H19FO/c1-12-6-8-13(9-7-12)10-17-11-14-4-2-3-5-15(14)16/h2-6,13H,7-11H2,1H3. The smallest absolute Gasteiger partial charge is 0.128 e. The van der Waals surface area contributed by atoms with Crippen LogP contribution in [0, 0.1) is 11.7 Å². The van der Waals surface area contributed by atoms with Crippen LogP contribution >= 0.6 is 0 Å². The molecule has 0 bridgehead atoms. The largest absolute Gasteiger partial charge is 0.376 e. The highest BCUT2D eigenvalue weighted by Crippen LogP contribution is 2.23. The van der Waals surface area contributed by atoms with Crippen molar-refractivity contribution in [3.05, 3.63) is 47.3 Å². The second-order valence-electron chi connectivity index (χ2n) is 4.80. The quantitative estimate of drug-likeness (QED) is 0.713. The van der Waals surface area contributed by atoms with Crippen molar-refractivity contribution in [2.45, 2.75) is 32.8 Å². The van der Waals surface area contributed by atoms with Gasteiger partial charge in [-0.1, -0.05) is 29.8 Å². The van der Waals surface area contributed by atoms with Gasteiger partial charge in [-0.05, 0) is 38.2 Å². The third kappa shape index (κ3) is 3.67. The topological polar surface area (TPSA) is 9.23 Å². The molecule has 0 amide bonds. The summed E-state index contributed by atoms with van der Waals surface area (Å²) in [4.78, 5) is 0. The fourth-order valence-corrected chi connectivity index (χ4v) is 2.12. The van der Waals surface area contributed by atoms with Gasteiger partial charge in [-0.25, -0.2) is 4.39 Å². The van der Waals surface area contributed by atoms with Crippen molar-refractivity contribution in [1.82, 2.24) is 0 Å². The molecule has 0 spiro atoms. The number of ether oxygens (including phenoxy) is 1. The summed E-state index contributed by atoms with van der Waals surface area (Å²) < 4.78 is 18.9. The first-order valence-corrected chi connectivity index (χ1v) is 6.22. The van der Waals surface area contributed by atoms with Gasteiger partial charge in [0.05, 0.1) is 13.2 Å². The van der Waals surface area contributed by atoms with Crippen LogP contribution in [0.25, 0.3) is 0 Å². The maximum Gasteiger partial charge on any atom is 0.128 e. The van der Waals surface area contributed by atoms with Gasteiger partial charge in [0.15, 0.2) is 0 Å². The minimum atomic E-state index is -0.174. The molecule has 1 aliphatic rings. The Bertz CT molecular complexity index is 398. The molecule has 0 saturated carbocycles. The highest BCUT2D eigenvalue weighted by atomic mass is 19.1. The Morgan fingerprint density at radius 2 is 2.18 bits per heavy atom. The van der Waals surface area contributed by atoms with Crippen LogP contribution in [0.1, 0.15) is 31.7 Å². The molecule has 0 heterocycles. The predicted octanol–water partition coefficient (Wildman–Crippen LogP) is 4.09. The molecule has 0 aromatic heterocycles. The Balaban J connectivity index is 1.75. The van der Waals surface area contributed by atoms with Gasteiger partial charge in [-0.3, -0.25) is 0 Å². The van der Waals surface area contributed by atoms with Crippen molar-refractivity contribution in [1.29, 1.82) is 0 Å². The van der Waals surface area contributed by atoms with E-state index in [0.717, 1.165) is 13.0 Å². The van der Waals surface area contributed by atoms with E-state index in [4.69, 9.17) is 4.74 Å². The number of hydrogen-bond donors (Lipinski definition) is 0. The molecule has 1 aliphatic carbocycles. The zero-order chi connectivity index (χ0) is 12.1. The Hall–Kier alpha value is -1.15. The van der Waals surface area contributed by atoms with Crippen LogP contribution in [0.15, 0.2) is 35.9 Å². The molecule has 1 nitrogen and oxygen atoms in total. The first-order chi connectivity index (χ1) is 8.25. The number of rotatable bonds is 4. The molecule has 0 fully saturated rings. The lowest BCUT2D eigenvalue weighted by atomic mass is 9.91. The zero-order valence-corrected chi connectivity index (χ0v) is 10.3. The van der Waals surface area contributed by atoms with Crippen LogP contribution < -0.4 is 0 Å². The fourth-order valence-electron chi connectivity index (χ4n) is 2.12. The van der Waals surface area contributed by atoms with Crippen LogP contribution in [0.3, 0.4) is 0 Å². The number of benzene rings is 1. The van der Waals surface area contributed by atoms with Gasteiger partial charge >= 0.3 is 0 Å². The second-order valence-corrected chi connectivity index (χ2v) is 4.80. The molecule has 2 rings (SSSR count). The van der Waals surface area contributed by atoms with Gasteiger partial charge in [0.1, 0.15) is 5.82 Å². The highest BCUT2D eigenvalue weighted by molar-refractivity contribution is 5.16. The summed E-state index contributed by atoms with van der Waals surface area (Å²) in [6.07, 6.45) is 5.76. The Morgan fingerprint density at radius 3 is 2.88 bits per heavy atom. The van der Waals surface area contributed by atoms with Crippen molar-refractivity contribution in [2.24, 2.45) is 5.92 Å². The van der Waals surface area contributed by atoms with E-state index >= 15 is 0 Å². The van der Waals surface area contributed by atoms with E-state index < -0.39 is 0 Å². The van der Waals surface area contributed by atoms with Crippen molar-refractivity contribution in [3.63, 3.8) is 0 Å². The maximum atomic E-state index is 13.3. The summed E-state index contributed by atoms with van der Waals surface area (Å²) >= 11 is 0. The summed E-state index contributed by atoms with van der Waals surface area (Å²) in [6.45, 7) is 3.29. The van der Waals surface area contributed by atoms with Crippen LogP contribution in [-0.2, 0) is 11.3 Å². The lowest BCUT2D eigenvalue weighted by molar-refractivity contribution is 0.0817. The molecule has 92 valence electrons. The molecule has 17 heavy (non-hydrogen) atoms. The first kappa shape index (κ1) is 12.3. The fraction of sp³-hybridized carbons (Fsp3) is 0.467. The summed E-state index contributed by atoms with van der Waals surface area (Å²) in [5.74, 6) is 0.428. The summed E-state index contributed by atoms with van der Waals surface area (Å²) in [6, 6.07) is 6.80. The molecule has 1 atom stereocenters. The van der Waals surface area contributed by atoms with Crippen LogP contribution in [0.5, 0.6) is 0 Å². The molecule has 0 radical (unpaired) electrons. The normalized spacial score (nSPS) is 20.1. The third-order valence-corrected chi connectivity index (χ3v) is 3.32. The van der Waals surface area contributed by atoms with E-state index in [1.54, 1.807) is 12.1 Å². The van der Waals surface area contributed by atoms with Gasteiger partial charge < -0.3 is 4.74 Å². The van der Waals surface area contributed by atoms with Crippen molar-refractivity contribution < 1.29 is 9.13 Å². The molecule has 0 saturated heterocycles. The lowest BCUT2D eigenvalue weighted by Gasteiger charge is -2.20. The lowest BCUT2D eigenvalue weighted by Crippen LogP contribution is -2.12. The van der Waals surface area contributed by atoms with Crippen molar-refractivity contribution >= 4 is 0 Å². The van der Waals surface area contributed by atoms with E-state index in [1.807, 2.05) is 6.07 Å². The Morgan fingerprint density at radius 1 is 1.35 bits per heavy atom. The Kier molecular flexibility index (Phi) is 4.32. The minimum absolute atomic E-state index is 0.174. The minimum Gasteiger partial charge on any atom is -0.376 e. The first-order valence-electron chi connectivity index (χ1n) is 6.22. The molecule has 1 aromatic carbocycles. The van der Waals surface area contributed by atoms with Crippen molar-refractivity contribution in [3.8, 4) is 0 Å². The van der Waals surface area contributed by atoms with Gasteiger partial charge in [0.2, 0.25) is 0 Å². The van der Waals surface area contributed by atoms with Crippen LogP contribution in [0.2, 0.25) is 0 Å². The van der Waals surface area contributed by atoms with E-state index in [-0.39, 0.29) is 5.82 Å². The van der Waals surface area contributed by atoms with Crippen LogP contribution in [-0.4, -0.2) is 6.61 Å². The number of allylic oxidation sites excluding steroid dienone is 2. The van der Waals surface area contributed by atoms with Gasteiger partial charge in [0, 0.05) is 5.56 Å². The SMILES string of the molecule is CC1=CCC(COCc2ccccc2F)CC1. The predicted molar refractivity (Wildman–Crippen MR) is 67.2 cm³/mol. The summed E-state index contributed by atoms with van der Waals surface area (Å²) in [5, 5.41) is 0. The van der Waals surface area contributed by atoms with E-state index in [1.165, 1.54) is 24.5 Å². The van der Waals surface area contributed by atoms with E-state index in [0.29, 0.717) is 18.1 Å². The van der Waals surface area contributed by atoms with Crippen molar-refractivity contribution in [2.75, 3.05) is 6.61 Å². The number of halogens is 1. The number of hydrogen-bond acceptors (Lipinski definition) is 1. The maximum absolute atomic E-state index is 13.3. The molecular weight excluding hydrogens is 215 g/mol. The monoisotopic (exact) mass is 234 g/mol. The van der Waals surface area contributed by atoms with E-state index in [2.05, 4.69) is 13.0 Å². The Labute approximate surface area is 102 Å². The molecule has 1 unspecified atom stereocenters. The van der Waals surface area contributed by atoms with Gasteiger partial charge in [-0.15, -0.1) is 0 Å². The van der Waals surface area contributed by atoms with E-state index in [9.17, 15) is 4.39 Å². The summed E-state index contributed by atoms with van der Waals surface area (Å²) in [7, 11) is 0. The molecular formula is C15H19FO. The van der Waals surface area contributed by atoms with Gasteiger partial charge in [-0.2, -0.15) is 0 Å². The zero-order valence-electron chi connectivity index (χ0n) is 10.3. The van der Waals surface area contributed by atoms with Crippen LogP contribution in [0.4, 0.5) is 4.39 Å². The highest BCUT2D eigenvalue weighted by Gasteiger charge is 2.12. The molecule has 0 aliphatic heterocycles. The molecule has 1 aromatic rings. The third-order valence-electron chi connectivity index (χ3n) is 3.32. The molecule has 2 heteroatoms. The average molecular weight is 234 g/mol. The summed E-state index contributed by atoms with van der Waals surface area (Å²) in [5.41, 5.74) is 2.13. The molecule has 0 N–H and O–H groups in total. The second kappa shape index (κ2) is 5.97. The average Bonchev–Trinajstić information content (AvgIpc) is 2.34. The van der Waals surface area contributed by atoms with Gasteiger partial charge in [0.25, 0.3) is 0 Å².